The van der Waals surface area contributed by atoms with Gasteiger partial charge in [-0.05, 0) is 44.1 Å². The molecule has 0 bridgehead atoms. The van der Waals surface area contributed by atoms with Crippen molar-refractivity contribution in [3.8, 4) is 0 Å². The number of benzene rings is 1. The second kappa shape index (κ2) is 6.60. The van der Waals surface area contributed by atoms with E-state index in [4.69, 9.17) is 16.3 Å². The molecule has 0 atom stereocenters. The molecule has 2 aromatic rings. The van der Waals surface area contributed by atoms with E-state index < -0.39 is 5.97 Å². The number of aromatic amines is 1. The Balaban J connectivity index is 1.91. The number of amides is 1. The minimum atomic E-state index is -0.534. The lowest BCUT2D eigenvalue weighted by molar-refractivity contribution is -0.117. The van der Waals surface area contributed by atoms with Crippen LogP contribution in [0.15, 0.2) is 18.2 Å². The topological polar surface area (TPSA) is 74.4 Å². The van der Waals surface area contributed by atoms with Crippen LogP contribution >= 0.6 is 11.6 Å². The van der Waals surface area contributed by atoms with Crippen molar-refractivity contribution in [3.63, 3.8) is 0 Å². The molecule has 2 N–H and O–H groups in total. The lowest BCUT2D eigenvalue weighted by Crippen LogP contribution is -2.31. The van der Waals surface area contributed by atoms with Crippen molar-refractivity contribution in [2.75, 3.05) is 32.1 Å². The first kappa shape index (κ1) is 15.8. The fourth-order valence-electron chi connectivity index (χ4n) is 2.87. The summed E-state index contributed by atoms with van der Waals surface area (Å²) in [6.45, 7) is 2.17. The maximum Gasteiger partial charge on any atom is 0.356 e. The van der Waals surface area contributed by atoms with Crippen LogP contribution in [0, 0.1) is 0 Å². The Hall–Kier alpha value is -2.05. The molecular formula is C16H18ClN3O3. The summed E-state index contributed by atoms with van der Waals surface area (Å²) >= 11 is 6.04. The van der Waals surface area contributed by atoms with Gasteiger partial charge in [0.25, 0.3) is 0 Å². The molecule has 1 amide bonds. The van der Waals surface area contributed by atoms with Gasteiger partial charge in [0.1, 0.15) is 5.69 Å². The van der Waals surface area contributed by atoms with E-state index >= 15 is 0 Å². The number of likely N-dealkylation sites (tertiary alicyclic amines) is 1. The molecule has 1 saturated heterocycles. The lowest BCUT2D eigenvalue weighted by Gasteiger charge is -2.14. The number of methoxy groups -OCH3 is 1. The Morgan fingerprint density at radius 1 is 1.35 bits per heavy atom. The van der Waals surface area contributed by atoms with E-state index in [1.54, 1.807) is 18.2 Å². The molecule has 122 valence electrons. The molecule has 0 aliphatic carbocycles. The van der Waals surface area contributed by atoms with Crippen molar-refractivity contribution in [1.29, 1.82) is 0 Å². The maximum absolute atomic E-state index is 12.3. The van der Waals surface area contributed by atoms with E-state index in [2.05, 4.69) is 15.2 Å². The third-order valence-electron chi connectivity index (χ3n) is 3.98. The number of halogens is 1. The molecule has 7 heteroatoms. The second-order valence-electron chi connectivity index (χ2n) is 5.59. The molecule has 1 aliphatic heterocycles. The third kappa shape index (κ3) is 3.33. The van der Waals surface area contributed by atoms with Gasteiger partial charge in [-0.15, -0.1) is 0 Å². The largest absolute Gasteiger partial charge is 0.464 e. The van der Waals surface area contributed by atoms with Crippen LogP contribution < -0.4 is 5.32 Å². The number of carbonyl (C=O) groups excluding carboxylic acids is 2. The van der Waals surface area contributed by atoms with Crippen LogP contribution in [0.3, 0.4) is 0 Å². The quantitative estimate of drug-likeness (QED) is 0.842. The van der Waals surface area contributed by atoms with Crippen molar-refractivity contribution in [2.45, 2.75) is 12.8 Å². The minimum absolute atomic E-state index is 0.155. The molecule has 6 nitrogen and oxygen atoms in total. The maximum atomic E-state index is 12.3. The van der Waals surface area contributed by atoms with Crippen molar-refractivity contribution < 1.29 is 14.3 Å². The van der Waals surface area contributed by atoms with E-state index in [-0.39, 0.29) is 11.6 Å². The number of nitrogens with one attached hydrogen (secondary N) is 2. The summed E-state index contributed by atoms with van der Waals surface area (Å²) in [6.07, 6.45) is 2.23. The van der Waals surface area contributed by atoms with Crippen LogP contribution in [-0.2, 0) is 9.53 Å². The Bertz CT molecular complexity index is 750. The van der Waals surface area contributed by atoms with Gasteiger partial charge in [-0.1, -0.05) is 11.6 Å². The van der Waals surface area contributed by atoms with E-state index in [0.717, 1.165) is 25.9 Å². The molecule has 0 spiro atoms. The van der Waals surface area contributed by atoms with Gasteiger partial charge in [0.2, 0.25) is 5.91 Å². The Kier molecular flexibility index (Phi) is 4.54. The molecule has 2 heterocycles. The van der Waals surface area contributed by atoms with Gasteiger partial charge >= 0.3 is 5.97 Å². The number of esters is 1. The predicted molar refractivity (Wildman–Crippen MR) is 89.0 cm³/mol. The summed E-state index contributed by atoms with van der Waals surface area (Å²) < 4.78 is 4.79. The Morgan fingerprint density at radius 2 is 2.09 bits per heavy atom. The van der Waals surface area contributed by atoms with Gasteiger partial charge in [-0.25, -0.2) is 4.79 Å². The molecular weight excluding hydrogens is 318 g/mol. The summed E-state index contributed by atoms with van der Waals surface area (Å²) in [5.74, 6) is -0.688. The highest BCUT2D eigenvalue weighted by molar-refractivity contribution is 6.31. The molecule has 1 fully saturated rings. The van der Waals surface area contributed by atoms with E-state index in [9.17, 15) is 9.59 Å². The summed E-state index contributed by atoms with van der Waals surface area (Å²) in [7, 11) is 1.30. The molecule has 1 aromatic carbocycles. The molecule has 0 radical (unpaired) electrons. The first-order chi connectivity index (χ1) is 11.1. The van der Waals surface area contributed by atoms with Gasteiger partial charge in [-0.3, -0.25) is 9.69 Å². The number of hydrogen-bond donors (Lipinski definition) is 2. The molecule has 0 saturated carbocycles. The minimum Gasteiger partial charge on any atom is -0.464 e. The highest BCUT2D eigenvalue weighted by Crippen LogP contribution is 2.30. The average molecular weight is 336 g/mol. The summed E-state index contributed by atoms with van der Waals surface area (Å²) in [6, 6.07) is 5.20. The standard InChI is InChI=1S/C16H18ClN3O3/c1-23-16(22)15-14(11-8-10(17)4-5-12(11)18-15)19-13(21)9-20-6-2-3-7-20/h4-5,8,18H,2-3,6-7,9H2,1H3,(H,19,21). The zero-order valence-corrected chi connectivity index (χ0v) is 13.6. The number of ether oxygens (including phenoxy) is 1. The number of anilines is 1. The zero-order chi connectivity index (χ0) is 16.4. The number of hydrogen-bond acceptors (Lipinski definition) is 4. The molecule has 1 aliphatic rings. The van der Waals surface area contributed by atoms with Crippen LogP contribution in [0.25, 0.3) is 10.9 Å². The summed E-state index contributed by atoms with van der Waals surface area (Å²) in [4.78, 5) is 29.3. The fourth-order valence-corrected chi connectivity index (χ4v) is 3.04. The van der Waals surface area contributed by atoms with Gasteiger partial charge in [0.15, 0.2) is 0 Å². The fraction of sp³-hybridized carbons (Fsp3) is 0.375. The number of carbonyl (C=O) groups is 2. The number of H-pyrrole nitrogens is 1. The van der Waals surface area contributed by atoms with Crippen molar-refractivity contribution in [1.82, 2.24) is 9.88 Å². The van der Waals surface area contributed by atoms with E-state index in [1.165, 1.54) is 7.11 Å². The first-order valence-corrected chi connectivity index (χ1v) is 7.88. The first-order valence-electron chi connectivity index (χ1n) is 7.50. The number of fused-ring (bicyclic) bond motifs is 1. The normalized spacial score (nSPS) is 15.0. The average Bonchev–Trinajstić information content (AvgIpc) is 3.15. The summed E-state index contributed by atoms with van der Waals surface area (Å²) in [5, 5.41) is 4.05. The van der Waals surface area contributed by atoms with E-state index in [0.29, 0.717) is 28.2 Å². The lowest BCUT2D eigenvalue weighted by atomic mass is 10.2. The number of rotatable bonds is 4. The molecule has 23 heavy (non-hydrogen) atoms. The van der Waals surface area contributed by atoms with Crippen LogP contribution in [0.2, 0.25) is 5.02 Å². The zero-order valence-electron chi connectivity index (χ0n) is 12.8. The molecule has 1 aromatic heterocycles. The number of nitrogens with zero attached hydrogens (tertiary/aromatic N) is 1. The van der Waals surface area contributed by atoms with Gasteiger partial charge in [0.05, 0.1) is 19.3 Å². The Morgan fingerprint density at radius 3 is 2.78 bits per heavy atom. The third-order valence-corrected chi connectivity index (χ3v) is 4.22. The predicted octanol–water partition coefficient (Wildman–Crippen LogP) is 2.64. The van der Waals surface area contributed by atoms with Crippen LogP contribution in [-0.4, -0.2) is 48.5 Å². The van der Waals surface area contributed by atoms with Gasteiger partial charge < -0.3 is 15.0 Å². The van der Waals surface area contributed by atoms with Crippen molar-refractivity contribution in [3.05, 3.63) is 28.9 Å². The molecule has 0 unspecified atom stereocenters. The van der Waals surface area contributed by atoms with Crippen molar-refractivity contribution in [2.24, 2.45) is 0 Å². The van der Waals surface area contributed by atoms with Gasteiger partial charge in [-0.2, -0.15) is 0 Å². The van der Waals surface area contributed by atoms with Crippen LogP contribution in [0.4, 0.5) is 5.69 Å². The van der Waals surface area contributed by atoms with E-state index in [1.807, 2.05) is 0 Å². The van der Waals surface area contributed by atoms with Crippen molar-refractivity contribution >= 4 is 40.1 Å². The van der Waals surface area contributed by atoms with Gasteiger partial charge in [0, 0.05) is 15.9 Å². The second-order valence-corrected chi connectivity index (χ2v) is 6.02. The van der Waals surface area contributed by atoms with Crippen LogP contribution in [0.5, 0.6) is 0 Å². The SMILES string of the molecule is COC(=O)c1[nH]c2ccc(Cl)cc2c1NC(=O)CN1CCCC1. The summed E-state index contributed by atoms with van der Waals surface area (Å²) in [5.41, 5.74) is 1.35. The van der Waals surface area contributed by atoms with Crippen LogP contribution in [0.1, 0.15) is 23.3 Å². The highest BCUT2D eigenvalue weighted by atomic mass is 35.5. The Labute approximate surface area is 138 Å². The highest BCUT2D eigenvalue weighted by Gasteiger charge is 2.22. The molecule has 3 rings (SSSR count). The monoisotopic (exact) mass is 335 g/mol. The number of aromatic nitrogens is 1. The smallest absolute Gasteiger partial charge is 0.356 e.